The molecule has 1 aromatic carbocycles. The van der Waals surface area contributed by atoms with E-state index in [4.69, 9.17) is 35.4 Å². The van der Waals surface area contributed by atoms with Gasteiger partial charge in [0.25, 0.3) is 0 Å². The zero-order valence-electron chi connectivity index (χ0n) is 9.18. The first-order chi connectivity index (χ1) is 7.47. The van der Waals surface area contributed by atoms with Gasteiger partial charge in [0, 0.05) is 22.3 Å². The standard InChI is InChI=1S/C11H14Cl2N2S/c1-7(2)6-14-11(16)15-10-4-8(12)3-9(13)5-10/h3-5,7H,6H2,1-2H3,(H2,14,15,16). The Morgan fingerprint density at radius 2 is 1.81 bits per heavy atom. The SMILES string of the molecule is CC(C)CNC(=S)Nc1cc(Cl)cc(Cl)c1. The van der Waals surface area contributed by atoms with Gasteiger partial charge in [-0.1, -0.05) is 37.0 Å². The van der Waals surface area contributed by atoms with Gasteiger partial charge in [-0.05, 0) is 36.3 Å². The molecule has 0 fully saturated rings. The van der Waals surface area contributed by atoms with Crippen LogP contribution in [0.3, 0.4) is 0 Å². The van der Waals surface area contributed by atoms with Gasteiger partial charge in [0.2, 0.25) is 0 Å². The summed E-state index contributed by atoms with van der Waals surface area (Å²) in [4.78, 5) is 0. The maximum atomic E-state index is 5.87. The summed E-state index contributed by atoms with van der Waals surface area (Å²) in [5.41, 5.74) is 0.791. The van der Waals surface area contributed by atoms with E-state index in [1.807, 2.05) is 0 Å². The molecule has 0 saturated carbocycles. The van der Waals surface area contributed by atoms with Gasteiger partial charge in [-0.15, -0.1) is 0 Å². The quantitative estimate of drug-likeness (QED) is 0.818. The molecule has 2 nitrogen and oxygen atoms in total. The molecule has 0 saturated heterocycles. The molecule has 88 valence electrons. The number of hydrogen-bond donors (Lipinski definition) is 2. The van der Waals surface area contributed by atoms with Gasteiger partial charge in [0.15, 0.2) is 5.11 Å². The molecule has 2 N–H and O–H groups in total. The Balaban J connectivity index is 2.56. The van der Waals surface area contributed by atoms with Crippen molar-refractivity contribution in [1.82, 2.24) is 5.32 Å². The van der Waals surface area contributed by atoms with Crippen LogP contribution < -0.4 is 10.6 Å². The highest BCUT2D eigenvalue weighted by Gasteiger charge is 2.01. The first-order valence-corrected chi connectivity index (χ1v) is 6.14. The van der Waals surface area contributed by atoms with E-state index in [9.17, 15) is 0 Å². The topological polar surface area (TPSA) is 24.1 Å². The molecule has 0 amide bonds. The van der Waals surface area contributed by atoms with Crippen LogP contribution in [0.4, 0.5) is 5.69 Å². The molecule has 1 rings (SSSR count). The molecule has 0 aromatic heterocycles. The lowest BCUT2D eigenvalue weighted by molar-refractivity contribution is 0.627. The summed E-state index contributed by atoms with van der Waals surface area (Å²) in [5.74, 6) is 0.544. The molecule has 5 heteroatoms. The second-order valence-corrected chi connectivity index (χ2v) is 5.17. The zero-order valence-corrected chi connectivity index (χ0v) is 11.5. The van der Waals surface area contributed by atoms with Crippen molar-refractivity contribution in [2.45, 2.75) is 13.8 Å². The molecule has 0 aliphatic heterocycles. The van der Waals surface area contributed by atoms with Crippen molar-refractivity contribution in [3.05, 3.63) is 28.2 Å². The van der Waals surface area contributed by atoms with Crippen molar-refractivity contribution < 1.29 is 0 Å². The smallest absolute Gasteiger partial charge is 0.170 e. The van der Waals surface area contributed by atoms with Crippen LogP contribution in [0.5, 0.6) is 0 Å². The molecule has 0 aliphatic carbocycles. The van der Waals surface area contributed by atoms with Gasteiger partial charge in [-0.25, -0.2) is 0 Å². The second-order valence-electron chi connectivity index (χ2n) is 3.89. The van der Waals surface area contributed by atoms with Gasteiger partial charge < -0.3 is 10.6 Å². The molecule has 0 spiro atoms. The third kappa shape index (κ3) is 5.01. The minimum Gasteiger partial charge on any atom is -0.362 e. The van der Waals surface area contributed by atoms with Crippen LogP contribution in [0, 0.1) is 5.92 Å². The van der Waals surface area contributed by atoms with E-state index in [2.05, 4.69) is 24.5 Å². The molecule has 0 heterocycles. The number of rotatable bonds is 3. The Labute approximate surface area is 111 Å². The van der Waals surface area contributed by atoms with Crippen LogP contribution in [-0.4, -0.2) is 11.7 Å². The number of thiocarbonyl (C=S) groups is 1. The number of halogens is 2. The van der Waals surface area contributed by atoms with Gasteiger partial charge in [-0.2, -0.15) is 0 Å². The number of anilines is 1. The highest BCUT2D eigenvalue weighted by molar-refractivity contribution is 7.80. The Bertz CT molecular complexity index is 360. The maximum absolute atomic E-state index is 5.87. The molecular weight excluding hydrogens is 263 g/mol. The van der Waals surface area contributed by atoms with Crippen molar-refractivity contribution in [3.63, 3.8) is 0 Å². The van der Waals surface area contributed by atoms with Crippen molar-refractivity contribution >= 4 is 46.2 Å². The minimum atomic E-state index is 0.544. The average Bonchev–Trinajstić information content (AvgIpc) is 2.12. The fourth-order valence-electron chi connectivity index (χ4n) is 1.10. The van der Waals surface area contributed by atoms with Crippen molar-refractivity contribution in [2.24, 2.45) is 5.92 Å². The summed E-state index contributed by atoms with van der Waals surface area (Å²) in [6.45, 7) is 5.07. The molecule has 0 aliphatic rings. The molecule has 0 bridgehead atoms. The van der Waals surface area contributed by atoms with Crippen LogP contribution in [-0.2, 0) is 0 Å². The van der Waals surface area contributed by atoms with Crippen LogP contribution >= 0.6 is 35.4 Å². The molecular formula is C11H14Cl2N2S. The number of benzene rings is 1. The fraction of sp³-hybridized carbons (Fsp3) is 0.364. The predicted molar refractivity (Wildman–Crippen MR) is 75.5 cm³/mol. The van der Waals surface area contributed by atoms with Gasteiger partial charge >= 0.3 is 0 Å². The summed E-state index contributed by atoms with van der Waals surface area (Å²) < 4.78 is 0. The minimum absolute atomic E-state index is 0.544. The van der Waals surface area contributed by atoms with E-state index >= 15 is 0 Å². The lowest BCUT2D eigenvalue weighted by atomic mass is 10.2. The van der Waals surface area contributed by atoms with Gasteiger partial charge in [0.1, 0.15) is 0 Å². The summed E-state index contributed by atoms with van der Waals surface area (Å²) >= 11 is 16.9. The highest BCUT2D eigenvalue weighted by atomic mass is 35.5. The molecule has 16 heavy (non-hydrogen) atoms. The number of nitrogens with one attached hydrogen (secondary N) is 2. The van der Waals surface area contributed by atoms with Crippen molar-refractivity contribution in [2.75, 3.05) is 11.9 Å². The van der Waals surface area contributed by atoms with Crippen LogP contribution in [0.15, 0.2) is 18.2 Å². The van der Waals surface area contributed by atoms with E-state index in [-0.39, 0.29) is 0 Å². The van der Waals surface area contributed by atoms with E-state index < -0.39 is 0 Å². The number of hydrogen-bond acceptors (Lipinski definition) is 1. The summed E-state index contributed by atoms with van der Waals surface area (Å²) in [5, 5.41) is 7.88. The lowest BCUT2D eigenvalue weighted by Crippen LogP contribution is -2.31. The van der Waals surface area contributed by atoms with Gasteiger partial charge in [-0.3, -0.25) is 0 Å². The molecule has 1 aromatic rings. The fourth-order valence-corrected chi connectivity index (χ4v) is 1.83. The maximum Gasteiger partial charge on any atom is 0.170 e. The second kappa shape index (κ2) is 6.28. The zero-order chi connectivity index (χ0) is 12.1. The third-order valence-corrected chi connectivity index (χ3v) is 2.47. The average molecular weight is 277 g/mol. The lowest BCUT2D eigenvalue weighted by Gasteiger charge is -2.12. The van der Waals surface area contributed by atoms with E-state index in [0.29, 0.717) is 21.1 Å². The van der Waals surface area contributed by atoms with Crippen molar-refractivity contribution in [3.8, 4) is 0 Å². The largest absolute Gasteiger partial charge is 0.362 e. The van der Waals surface area contributed by atoms with Gasteiger partial charge in [0.05, 0.1) is 0 Å². The normalized spacial score (nSPS) is 10.3. The third-order valence-electron chi connectivity index (χ3n) is 1.79. The summed E-state index contributed by atoms with van der Waals surface area (Å²) in [6, 6.07) is 5.23. The molecule has 0 unspecified atom stereocenters. The van der Waals surface area contributed by atoms with Crippen LogP contribution in [0.2, 0.25) is 10.0 Å². The Morgan fingerprint density at radius 1 is 1.25 bits per heavy atom. The first kappa shape index (κ1) is 13.6. The molecule has 0 atom stereocenters. The van der Waals surface area contributed by atoms with E-state index in [1.165, 1.54) is 0 Å². The van der Waals surface area contributed by atoms with E-state index in [1.54, 1.807) is 18.2 Å². The highest BCUT2D eigenvalue weighted by Crippen LogP contribution is 2.22. The first-order valence-electron chi connectivity index (χ1n) is 4.98. The Morgan fingerprint density at radius 3 is 2.31 bits per heavy atom. The Hall–Kier alpha value is -0.510. The predicted octanol–water partition coefficient (Wildman–Crippen LogP) is 3.94. The van der Waals surface area contributed by atoms with E-state index in [0.717, 1.165) is 12.2 Å². The van der Waals surface area contributed by atoms with Crippen LogP contribution in [0.25, 0.3) is 0 Å². The molecule has 0 radical (unpaired) electrons. The summed E-state index contributed by atoms with van der Waals surface area (Å²) in [6.07, 6.45) is 0. The monoisotopic (exact) mass is 276 g/mol. The summed E-state index contributed by atoms with van der Waals surface area (Å²) in [7, 11) is 0. The van der Waals surface area contributed by atoms with Crippen LogP contribution in [0.1, 0.15) is 13.8 Å². The van der Waals surface area contributed by atoms with Crippen molar-refractivity contribution in [1.29, 1.82) is 0 Å². The Kier molecular flexibility index (Phi) is 5.32.